The van der Waals surface area contributed by atoms with Gasteiger partial charge < -0.3 is 9.80 Å². The van der Waals surface area contributed by atoms with Crippen LogP contribution in [0.2, 0.25) is 5.02 Å². The first-order chi connectivity index (χ1) is 15.6. The Labute approximate surface area is 192 Å². The van der Waals surface area contributed by atoms with Gasteiger partial charge in [-0.15, -0.1) is 0 Å². The van der Waals surface area contributed by atoms with Crippen LogP contribution in [0.1, 0.15) is 12.0 Å². The van der Waals surface area contributed by atoms with Crippen molar-refractivity contribution >= 4 is 34.1 Å². The van der Waals surface area contributed by atoms with Crippen molar-refractivity contribution in [3.63, 3.8) is 0 Å². The minimum Gasteiger partial charge on any atom is -0.369 e. The van der Waals surface area contributed by atoms with Gasteiger partial charge in [0.15, 0.2) is 0 Å². The quantitative estimate of drug-likeness (QED) is 0.465. The maximum absolute atomic E-state index is 6.17. The summed E-state index contributed by atoms with van der Waals surface area (Å²) in [6, 6.07) is 15.4. The highest BCUT2D eigenvalue weighted by atomic mass is 35.5. The predicted molar refractivity (Wildman–Crippen MR) is 128 cm³/mol. The molecule has 2 aromatic carbocycles. The number of rotatable bonds is 3. The lowest BCUT2D eigenvalue weighted by Crippen LogP contribution is -2.53. The predicted octanol–water partition coefficient (Wildman–Crippen LogP) is 4.54. The van der Waals surface area contributed by atoms with E-state index in [9.17, 15) is 0 Å². The van der Waals surface area contributed by atoms with Gasteiger partial charge in [-0.1, -0.05) is 11.6 Å². The fourth-order valence-electron chi connectivity index (χ4n) is 5.20. The molecule has 1 radical (unpaired) electrons. The third-order valence-corrected chi connectivity index (χ3v) is 6.75. The highest BCUT2D eigenvalue weighted by molar-refractivity contribution is 6.31. The fraction of sp³-hybridized carbons (Fsp3) is 0.320. The molecule has 0 amide bonds. The second-order valence-electron chi connectivity index (χ2n) is 9.00. The van der Waals surface area contributed by atoms with Gasteiger partial charge in [-0.25, -0.2) is 9.67 Å². The van der Waals surface area contributed by atoms with Crippen LogP contribution in [0.5, 0.6) is 0 Å². The molecule has 7 heteroatoms. The molecule has 6 rings (SSSR count). The average Bonchev–Trinajstić information content (AvgIpc) is 3.32. The molecule has 2 fully saturated rings. The van der Waals surface area contributed by atoms with Crippen LogP contribution in [-0.4, -0.2) is 45.9 Å². The molecule has 2 saturated heterocycles. The molecule has 0 spiro atoms. The van der Waals surface area contributed by atoms with Crippen molar-refractivity contribution in [3.8, 4) is 5.69 Å². The summed E-state index contributed by atoms with van der Waals surface area (Å²) in [6.45, 7) is 6.14. The van der Waals surface area contributed by atoms with E-state index in [1.807, 2.05) is 53.6 Å². The number of hydrogen-bond donors (Lipinski definition) is 0. The number of hydrogen-bond acceptors (Lipinski definition) is 5. The molecule has 2 bridgehead atoms. The second kappa shape index (κ2) is 7.78. The zero-order valence-corrected chi connectivity index (χ0v) is 18.7. The number of aromatic nitrogens is 4. The summed E-state index contributed by atoms with van der Waals surface area (Å²) in [7, 11) is 0. The van der Waals surface area contributed by atoms with Crippen LogP contribution < -0.4 is 9.80 Å². The first-order valence-corrected chi connectivity index (χ1v) is 11.4. The van der Waals surface area contributed by atoms with E-state index >= 15 is 0 Å². The number of halogens is 1. The van der Waals surface area contributed by atoms with Crippen molar-refractivity contribution in [2.24, 2.45) is 11.8 Å². The Bertz CT molecular complexity index is 1260. The molecule has 4 aromatic rings. The van der Waals surface area contributed by atoms with Gasteiger partial charge in [0.25, 0.3) is 0 Å². The molecule has 2 unspecified atom stereocenters. The van der Waals surface area contributed by atoms with E-state index in [1.54, 1.807) is 0 Å². The van der Waals surface area contributed by atoms with E-state index < -0.39 is 0 Å². The van der Waals surface area contributed by atoms with E-state index in [4.69, 9.17) is 16.6 Å². The number of benzene rings is 2. The van der Waals surface area contributed by atoms with E-state index in [0.717, 1.165) is 48.7 Å². The minimum absolute atomic E-state index is 0.574. The molecular weight excluding hydrogens is 420 g/mol. The fourth-order valence-corrected chi connectivity index (χ4v) is 5.37. The van der Waals surface area contributed by atoms with Gasteiger partial charge in [0, 0.05) is 49.7 Å². The highest BCUT2D eigenvalue weighted by Crippen LogP contribution is 2.36. The maximum Gasteiger partial charge on any atom is 0.147 e. The molecule has 2 atom stereocenters. The summed E-state index contributed by atoms with van der Waals surface area (Å²) < 4.78 is 1.92. The average molecular weight is 444 g/mol. The Balaban J connectivity index is 1.26. The van der Waals surface area contributed by atoms with Crippen molar-refractivity contribution < 1.29 is 0 Å². The molecule has 2 aliphatic heterocycles. The van der Waals surface area contributed by atoms with Crippen molar-refractivity contribution in [1.82, 2.24) is 19.7 Å². The van der Waals surface area contributed by atoms with Crippen molar-refractivity contribution in [1.29, 1.82) is 0 Å². The Morgan fingerprint density at radius 1 is 1.03 bits per heavy atom. The lowest BCUT2D eigenvalue weighted by atomic mass is 9.84. The van der Waals surface area contributed by atoms with Crippen LogP contribution in [0.25, 0.3) is 16.7 Å². The highest BCUT2D eigenvalue weighted by Gasteiger charge is 2.35. The third-order valence-electron chi connectivity index (χ3n) is 6.51. The van der Waals surface area contributed by atoms with E-state index in [0.29, 0.717) is 16.9 Å². The second-order valence-corrected chi connectivity index (χ2v) is 9.44. The van der Waals surface area contributed by atoms with Crippen molar-refractivity contribution in [2.75, 3.05) is 36.0 Å². The molecule has 0 saturated carbocycles. The molecular formula is C25H24ClN6. The Kier molecular flexibility index (Phi) is 4.76. The van der Waals surface area contributed by atoms with Gasteiger partial charge in [0.2, 0.25) is 0 Å². The van der Waals surface area contributed by atoms with Crippen molar-refractivity contribution in [2.45, 2.75) is 13.3 Å². The van der Waals surface area contributed by atoms with E-state index in [-0.39, 0.29) is 0 Å². The normalized spacial score (nSPS) is 20.7. The van der Waals surface area contributed by atoms with E-state index in [1.165, 1.54) is 17.7 Å². The Morgan fingerprint density at radius 2 is 1.84 bits per heavy atom. The summed E-state index contributed by atoms with van der Waals surface area (Å²) in [5, 5.41) is 5.15. The van der Waals surface area contributed by atoms with Crippen LogP contribution in [-0.2, 0) is 0 Å². The standard InChI is InChI=1S/C25H24ClN6/c1-17-3-6-23(32-8-2-7-28-32)24(9-17)30-13-18-10-19(14-30)16-31(15-18)25-12-27-21-5-4-20(26)11-22(21)29-25/h2-5,7-9,11-12,18-19H,10,13-16H2,1H3. The van der Waals surface area contributed by atoms with Gasteiger partial charge in [-0.3, -0.25) is 4.98 Å². The number of nitrogens with zero attached hydrogens (tertiary/aromatic N) is 6. The molecule has 6 nitrogen and oxygen atoms in total. The third kappa shape index (κ3) is 3.58. The SMILES string of the molecule is Cc1c[c]c(-n2cccn2)c(N2CC3CC(CN(c4cnc5ccc(Cl)cc5n4)C3)C2)c1. The van der Waals surface area contributed by atoms with Gasteiger partial charge in [0.1, 0.15) is 5.82 Å². The van der Waals surface area contributed by atoms with E-state index in [2.05, 4.69) is 38.9 Å². The van der Waals surface area contributed by atoms with Crippen LogP contribution in [0.15, 0.2) is 55.0 Å². The summed E-state index contributed by atoms with van der Waals surface area (Å²) in [5.41, 5.74) is 5.19. The zero-order valence-electron chi connectivity index (χ0n) is 17.9. The van der Waals surface area contributed by atoms with Gasteiger partial charge in [0.05, 0.1) is 28.6 Å². The molecule has 0 aliphatic carbocycles. The largest absolute Gasteiger partial charge is 0.369 e. The summed E-state index contributed by atoms with van der Waals surface area (Å²) in [6.07, 6.45) is 6.97. The monoisotopic (exact) mass is 443 g/mol. The van der Waals surface area contributed by atoms with Gasteiger partial charge in [-0.05, 0) is 67.1 Å². The van der Waals surface area contributed by atoms with Crippen LogP contribution in [0, 0.1) is 24.8 Å². The van der Waals surface area contributed by atoms with Gasteiger partial charge >= 0.3 is 0 Å². The molecule has 2 aliphatic rings. The van der Waals surface area contributed by atoms with Crippen LogP contribution in [0.3, 0.4) is 0 Å². The minimum atomic E-state index is 0.574. The lowest BCUT2D eigenvalue weighted by molar-refractivity contribution is 0.275. The maximum atomic E-state index is 6.17. The molecule has 0 N–H and O–H groups in total. The van der Waals surface area contributed by atoms with Crippen LogP contribution >= 0.6 is 11.6 Å². The molecule has 2 aromatic heterocycles. The number of piperidine rings is 2. The van der Waals surface area contributed by atoms with Crippen LogP contribution in [0.4, 0.5) is 11.5 Å². The smallest absolute Gasteiger partial charge is 0.147 e. The summed E-state index contributed by atoms with van der Waals surface area (Å²) in [4.78, 5) is 14.4. The number of aryl methyl sites for hydroxylation is 1. The first-order valence-electron chi connectivity index (χ1n) is 11.1. The number of fused-ring (bicyclic) bond motifs is 3. The topological polar surface area (TPSA) is 50.1 Å². The van der Waals surface area contributed by atoms with Crippen molar-refractivity contribution in [3.05, 3.63) is 71.6 Å². The zero-order chi connectivity index (χ0) is 21.7. The number of anilines is 2. The molecule has 4 heterocycles. The Hall–Kier alpha value is -3.12. The first kappa shape index (κ1) is 19.6. The summed E-state index contributed by atoms with van der Waals surface area (Å²) in [5.74, 6) is 2.10. The Morgan fingerprint density at radius 3 is 2.62 bits per heavy atom. The summed E-state index contributed by atoms with van der Waals surface area (Å²) >= 11 is 6.17. The molecule has 161 valence electrons. The molecule has 32 heavy (non-hydrogen) atoms. The lowest BCUT2D eigenvalue weighted by Gasteiger charge is -2.47. The van der Waals surface area contributed by atoms with Gasteiger partial charge in [-0.2, -0.15) is 5.10 Å².